The molecule has 0 saturated carbocycles. The quantitative estimate of drug-likeness (QED) is 0.0597. The van der Waals surface area contributed by atoms with Crippen molar-refractivity contribution in [3.63, 3.8) is 0 Å². The lowest BCUT2D eigenvalue weighted by atomic mass is 10.0. The first-order chi connectivity index (χ1) is 27.9. The minimum absolute atomic E-state index is 0.00265. The number of hydrogen-bond acceptors (Lipinski definition) is 10. The first-order valence-electron chi connectivity index (χ1n) is 16.2. The normalized spacial score (nSPS) is 12.9. The van der Waals surface area contributed by atoms with Crippen LogP contribution in [0.5, 0.6) is 5.75 Å². The summed E-state index contributed by atoms with van der Waals surface area (Å²) in [5.41, 5.74) is -2.52. The molecule has 2 aromatic heterocycles. The number of aromatic nitrogens is 2. The van der Waals surface area contributed by atoms with Crippen LogP contribution in [0.2, 0.25) is 20.1 Å². The minimum Gasteiger partial charge on any atom is -0.489 e. The Hall–Kier alpha value is -4.09. The number of fused-ring (bicyclic) bond motifs is 1. The predicted molar refractivity (Wildman–Crippen MR) is 215 cm³/mol. The highest BCUT2D eigenvalue weighted by atomic mass is 79.9. The number of anilines is 3. The fourth-order valence-electron chi connectivity index (χ4n) is 5.25. The Labute approximate surface area is 365 Å². The van der Waals surface area contributed by atoms with E-state index >= 15 is 0 Å². The lowest BCUT2D eigenvalue weighted by Gasteiger charge is -2.24. The Morgan fingerprint density at radius 1 is 0.867 bits per heavy atom. The highest BCUT2D eigenvalue weighted by molar-refractivity contribution is 9.10. The van der Waals surface area contributed by atoms with Gasteiger partial charge in [-0.05, 0) is 76.6 Å². The summed E-state index contributed by atoms with van der Waals surface area (Å²) in [5, 5.41) is 1.94. The third-order valence-corrected chi connectivity index (χ3v) is 12.7. The van der Waals surface area contributed by atoms with Gasteiger partial charge in [0, 0.05) is 26.0 Å². The number of carbonyl (C=O) groups excluding carboxylic acids is 1. The molecule has 25 heteroatoms. The largest absolute Gasteiger partial charge is 0.489 e. The molecule has 0 spiro atoms. The maximum Gasteiger partial charge on any atom is 0.417 e. The zero-order valence-electron chi connectivity index (χ0n) is 29.8. The van der Waals surface area contributed by atoms with Gasteiger partial charge in [0.25, 0.3) is 20.0 Å². The molecule has 0 unspecified atom stereocenters. The van der Waals surface area contributed by atoms with E-state index in [9.17, 15) is 48.0 Å². The molecule has 1 aliphatic rings. The molecule has 0 fully saturated rings. The summed E-state index contributed by atoms with van der Waals surface area (Å²) in [6.45, 7) is 0.367. The number of pyridine rings is 2. The number of sulfonamides is 2. The van der Waals surface area contributed by atoms with E-state index in [0.29, 0.717) is 31.0 Å². The molecule has 0 aliphatic carbocycles. The topological polar surface area (TPSA) is 157 Å². The van der Waals surface area contributed by atoms with Crippen molar-refractivity contribution in [2.45, 2.75) is 22.1 Å². The molecule has 3 heterocycles. The standard InChI is InChI=1S/C21H14Cl2F3N3O4S.C14H10BrCl2F3N2O3S/c22-11-8-17(29-34(31,32)12-4-5-15(23)14(9-12)21(24,25)26)18(28-10-11)19(30)13-2-1-3-16-20(13)33-7-6-27-16;1-25-7-22(12-4-8(16)6-21-13(12)15)26(23,24)9-2-3-11(17)10(5-9)14(18,19)20/h1-5,8-10,27,29H,6-7H2;2-6H,7H2,1H3. The summed E-state index contributed by atoms with van der Waals surface area (Å²) >= 11 is 26.0. The molecule has 60 heavy (non-hydrogen) atoms. The molecule has 1 aliphatic heterocycles. The average Bonchev–Trinajstić information content (AvgIpc) is 3.17. The molecule has 12 nitrogen and oxygen atoms in total. The second kappa shape index (κ2) is 18.5. The average molecular weight is 1030 g/mol. The molecular weight excluding hydrogens is 1000 g/mol. The van der Waals surface area contributed by atoms with E-state index in [2.05, 4.69) is 35.9 Å². The molecule has 2 N–H and O–H groups in total. The zero-order chi connectivity index (χ0) is 44.4. The van der Waals surface area contributed by atoms with E-state index in [-0.39, 0.29) is 43.0 Å². The number of rotatable bonds is 10. The maximum atomic E-state index is 13.3. The summed E-state index contributed by atoms with van der Waals surface area (Å²) < 4.78 is 144. The molecule has 0 atom stereocenters. The lowest BCUT2D eigenvalue weighted by Crippen LogP contribution is -2.33. The van der Waals surface area contributed by atoms with Gasteiger partial charge in [-0.15, -0.1) is 0 Å². The van der Waals surface area contributed by atoms with Crippen LogP contribution < -0.4 is 19.1 Å². The number of methoxy groups -OCH3 is 1. The van der Waals surface area contributed by atoms with Crippen molar-refractivity contribution in [2.24, 2.45) is 0 Å². The molecule has 3 aromatic carbocycles. The molecule has 6 rings (SSSR count). The van der Waals surface area contributed by atoms with Gasteiger partial charge in [-0.1, -0.05) is 52.5 Å². The van der Waals surface area contributed by atoms with Crippen LogP contribution in [-0.2, 0) is 37.1 Å². The number of halogens is 11. The van der Waals surface area contributed by atoms with Gasteiger partial charge in [-0.3, -0.25) is 9.52 Å². The first kappa shape index (κ1) is 47.0. The van der Waals surface area contributed by atoms with Crippen LogP contribution in [0.15, 0.2) is 93.5 Å². The molecule has 0 saturated heterocycles. The Morgan fingerprint density at radius 2 is 1.45 bits per heavy atom. The summed E-state index contributed by atoms with van der Waals surface area (Å²) in [5.74, 6) is -0.404. The Morgan fingerprint density at radius 3 is 2.07 bits per heavy atom. The highest BCUT2D eigenvalue weighted by Gasteiger charge is 2.37. The second-order valence-electron chi connectivity index (χ2n) is 12.0. The number of ketones is 1. The van der Waals surface area contributed by atoms with Gasteiger partial charge in [0.1, 0.15) is 23.6 Å². The molecular formula is C35H24BrCl4F6N5O7S2. The second-order valence-corrected chi connectivity index (χ2v) is 17.9. The maximum absolute atomic E-state index is 13.3. The van der Waals surface area contributed by atoms with Crippen LogP contribution in [0.4, 0.5) is 43.4 Å². The van der Waals surface area contributed by atoms with Gasteiger partial charge >= 0.3 is 12.4 Å². The van der Waals surface area contributed by atoms with Crippen molar-refractivity contribution in [2.75, 3.05) is 41.3 Å². The third kappa shape index (κ3) is 10.7. The predicted octanol–water partition coefficient (Wildman–Crippen LogP) is 10.2. The number of carbonyl (C=O) groups is 1. The third-order valence-electron chi connectivity index (χ3n) is 7.92. The van der Waals surface area contributed by atoms with Crippen LogP contribution in [-0.4, -0.2) is 59.6 Å². The Bertz CT molecular complexity index is 2680. The lowest BCUT2D eigenvalue weighted by molar-refractivity contribution is -0.138. The zero-order valence-corrected chi connectivity index (χ0v) is 36.0. The number of nitrogens with zero attached hydrogens (tertiary/aromatic N) is 3. The van der Waals surface area contributed by atoms with E-state index in [1.165, 1.54) is 25.4 Å². The van der Waals surface area contributed by atoms with Crippen molar-refractivity contribution in [1.82, 2.24) is 9.97 Å². The summed E-state index contributed by atoms with van der Waals surface area (Å²) in [6, 6.07) is 11.7. The number of alkyl halides is 6. The first-order valence-corrected chi connectivity index (χ1v) is 21.5. The fourth-order valence-corrected chi connectivity index (χ4v) is 9.04. The van der Waals surface area contributed by atoms with E-state index in [1.54, 1.807) is 12.1 Å². The van der Waals surface area contributed by atoms with E-state index in [4.69, 9.17) is 55.9 Å². The highest BCUT2D eigenvalue weighted by Crippen LogP contribution is 2.40. The van der Waals surface area contributed by atoms with E-state index in [0.717, 1.165) is 40.8 Å². The van der Waals surface area contributed by atoms with E-state index in [1.807, 2.05) is 0 Å². The smallest absolute Gasteiger partial charge is 0.417 e. The SMILES string of the molecule is COCN(c1cc(Cl)cnc1Br)S(=O)(=O)c1ccc(Cl)c(C(F)(F)F)c1.O=C(c1cccc2c1OCCN2)c1ncc(Cl)cc1NS(=O)(=O)c1ccc(Cl)c(C(F)(F)F)c1. The Kier molecular flexibility index (Phi) is 14.5. The van der Waals surface area contributed by atoms with Crippen LogP contribution >= 0.6 is 62.3 Å². The van der Waals surface area contributed by atoms with Crippen molar-refractivity contribution in [3.8, 4) is 5.75 Å². The van der Waals surface area contributed by atoms with Gasteiger partial charge in [-0.25, -0.2) is 31.1 Å². The van der Waals surface area contributed by atoms with E-state index < -0.39 is 75.9 Å². The Balaban J connectivity index is 0.000000237. The van der Waals surface area contributed by atoms with Gasteiger partial charge in [0.05, 0.1) is 63.6 Å². The molecule has 0 radical (unpaired) electrons. The fraction of sp³-hybridized carbons (Fsp3) is 0.171. The summed E-state index contributed by atoms with van der Waals surface area (Å²) in [6.07, 6.45) is -7.27. The van der Waals surface area contributed by atoms with Crippen LogP contribution in [0, 0.1) is 0 Å². The molecule has 320 valence electrons. The van der Waals surface area contributed by atoms with Crippen LogP contribution in [0.3, 0.4) is 0 Å². The van der Waals surface area contributed by atoms with Gasteiger partial charge < -0.3 is 14.8 Å². The minimum atomic E-state index is -4.87. The summed E-state index contributed by atoms with van der Waals surface area (Å²) in [4.78, 5) is 19.8. The van der Waals surface area contributed by atoms with Crippen molar-refractivity contribution in [3.05, 3.63) is 126 Å². The van der Waals surface area contributed by atoms with Crippen LogP contribution in [0.1, 0.15) is 27.2 Å². The van der Waals surface area contributed by atoms with Gasteiger partial charge in [-0.2, -0.15) is 26.3 Å². The van der Waals surface area contributed by atoms with Gasteiger partial charge in [0.2, 0.25) is 5.78 Å². The number of hydrogen-bond donors (Lipinski definition) is 2. The number of para-hydroxylation sites is 1. The molecule has 0 bridgehead atoms. The molecule has 0 amide bonds. The number of nitrogens with one attached hydrogen (secondary N) is 2. The monoisotopic (exact) mass is 1020 g/mol. The van der Waals surface area contributed by atoms with Crippen LogP contribution in [0.25, 0.3) is 0 Å². The number of ether oxygens (including phenoxy) is 2. The molecule has 5 aromatic rings. The number of benzene rings is 3. The van der Waals surface area contributed by atoms with Crippen molar-refractivity contribution < 1.29 is 57.4 Å². The summed E-state index contributed by atoms with van der Waals surface area (Å²) in [7, 11) is -7.79. The van der Waals surface area contributed by atoms with Gasteiger partial charge in [0.15, 0.2) is 5.75 Å². The van der Waals surface area contributed by atoms with Crippen molar-refractivity contribution >= 4 is 105 Å². The van der Waals surface area contributed by atoms with Crippen molar-refractivity contribution in [1.29, 1.82) is 0 Å².